The highest BCUT2D eigenvalue weighted by molar-refractivity contribution is 5.94. The summed E-state index contributed by atoms with van der Waals surface area (Å²) < 4.78 is 5.42. The van der Waals surface area contributed by atoms with Gasteiger partial charge in [0, 0.05) is 12.0 Å². The van der Waals surface area contributed by atoms with E-state index < -0.39 is 0 Å². The van der Waals surface area contributed by atoms with Crippen molar-refractivity contribution in [3.63, 3.8) is 0 Å². The first-order chi connectivity index (χ1) is 8.13. The van der Waals surface area contributed by atoms with Gasteiger partial charge in [-0.1, -0.05) is 12.1 Å². The number of nitrogens with one attached hydrogen (secondary N) is 1. The van der Waals surface area contributed by atoms with Crippen molar-refractivity contribution in [3.8, 4) is 5.75 Å². The Bertz CT molecular complexity index is 404. The van der Waals surface area contributed by atoms with Crippen LogP contribution in [0.15, 0.2) is 24.3 Å². The van der Waals surface area contributed by atoms with Crippen LogP contribution in [0.3, 0.4) is 0 Å². The van der Waals surface area contributed by atoms with Crippen LogP contribution in [0.25, 0.3) is 0 Å². The normalized spacial score (nSPS) is 9.76. The summed E-state index contributed by atoms with van der Waals surface area (Å²) in [5.74, 6) is 5.35. The predicted octanol–water partition coefficient (Wildman–Crippen LogP) is 1.04. The Labute approximate surface area is 99.9 Å². The van der Waals surface area contributed by atoms with Crippen molar-refractivity contribution in [2.24, 2.45) is 5.84 Å². The van der Waals surface area contributed by atoms with E-state index in [4.69, 9.17) is 10.6 Å². The van der Waals surface area contributed by atoms with Gasteiger partial charge in [0.15, 0.2) is 5.78 Å². The number of benzene rings is 1. The molecule has 0 heterocycles. The lowest BCUT2D eigenvalue weighted by atomic mass is 10.1. The number of carbonyl (C=O) groups is 2. The van der Waals surface area contributed by atoms with E-state index >= 15 is 0 Å². The van der Waals surface area contributed by atoms with Crippen molar-refractivity contribution in [1.29, 1.82) is 0 Å². The molecule has 0 aliphatic carbocycles. The molecule has 5 nitrogen and oxygen atoms in total. The zero-order valence-electron chi connectivity index (χ0n) is 9.73. The smallest absolute Gasteiger partial charge is 0.234 e. The van der Waals surface area contributed by atoms with Gasteiger partial charge in [-0.3, -0.25) is 15.0 Å². The second-order valence-electron chi connectivity index (χ2n) is 3.60. The van der Waals surface area contributed by atoms with E-state index in [9.17, 15) is 9.59 Å². The zero-order valence-corrected chi connectivity index (χ0v) is 9.73. The largest absolute Gasteiger partial charge is 0.494 e. The van der Waals surface area contributed by atoms with Crippen LogP contribution in [0.4, 0.5) is 0 Å². The van der Waals surface area contributed by atoms with Crippen LogP contribution < -0.4 is 16.0 Å². The van der Waals surface area contributed by atoms with Crippen LogP contribution in [0, 0.1) is 0 Å². The molecule has 1 aromatic rings. The summed E-state index contributed by atoms with van der Waals surface area (Å²) in [5, 5.41) is 0. The standard InChI is InChI=1S/C12H16N2O3/c1-9(15)10-4-2-5-11(8-10)17-7-3-6-12(16)14-13/h2,4-5,8H,3,6-7,13H2,1H3,(H,14,16). The van der Waals surface area contributed by atoms with E-state index in [2.05, 4.69) is 0 Å². The zero-order chi connectivity index (χ0) is 12.7. The third-order valence-electron chi connectivity index (χ3n) is 2.22. The lowest BCUT2D eigenvalue weighted by molar-refractivity contribution is -0.121. The average Bonchev–Trinajstić information content (AvgIpc) is 2.34. The minimum atomic E-state index is -0.217. The van der Waals surface area contributed by atoms with Gasteiger partial charge in [-0.15, -0.1) is 0 Å². The summed E-state index contributed by atoms with van der Waals surface area (Å²) in [4.78, 5) is 22.0. The number of ether oxygens (including phenoxy) is 1. The number of hydrazine groups is 1. The molecule has 0 radical (unpaired) electrons. The van der Waals surface area contributed by atoms with Gasteiger partial charge in [0.1, 0.15) is 5.75 Å². The van der Waals surface area contributed by atoms with Crippen LogP contribution in [-0.4, -0.2) is 18.3 Å². The van der Waals surface area contributed by atoms with Crippen molar-refractivity contribution in [2.45, 2.75) is 19.8 Å². The van der Waals surface area contributed by atoms with Crippen LogP contribution in [0.2, 0.25) is 0 Å². The van der Waals surface area contributed by atoms with Gasteiger partial charge >= 0.3 is 0 Å². The van der Waals surface area contributed by atoms with Gasteiger partial charge in [0.05, 0.1) is 6.61 Å². The van der Waals surface area contributed by atoms with E-state index in [1.165, 1.54) is 6.92 Å². The molecule has 0 fully saturated rings. The third kappa shape index (κ3) is 4.65. The molecule has 0 bridgehead atoms. The summed E-state index contributed by atoms with van der Waals surface area (Å²) in [7, 11) is 0. The lowest BCUT2D eigenvalue weighted by Crippen LogP contribution is -2.29. The number of carbonyl (C=O) groups excluding carboxylic acids is 2. The number of hydrogen-bond acceptors (Lipinski definition) is 4. The van der Waals surface area contributed by atoms with Gasteiger partial charge in [-0.2, -0.15) is 0 Å². The maximum atomic E-state index is 11.1. The molecule has 1 aromatic carbocycles. The van der Waals surface area contributed by atoms with Crippen LogP contribution >= 0.6 is 0 Å². The van der Waals surface area contributed by atoms with E-state index in [0.717, 1.165) is 0 Å². The van der Waals surface area contributed by atoms with Gasteiger partial charge in [-0.05, 0) is 25.5 Å². The summed E-state index contributed by atoms with van der Waals surface area (Å²) in [5.41, 5.74) is 2.66. The summed E-state index contributed by atoms with van der Waals surface area (Å²) in [6.07, 6.45) is 0.899. The molecule has 0 saturated carbocycles. The highest BCUT2D eigenvalue weighted by atomic mass is 16.5. The molecule has 17 heavy (non-hydrogen) atoms. The van der Waals surface area contributed by atoms with Crippen molar-refractivity contribution < 1.29 is 14.3 Å². The van der Waals surface area contributed by atoms with Crippen molar-refractivity contribution >= 4 is 11.7 Å². The summed E-state index contributed by atoms with van der Waals surface area (Å²) >= 11 is 0. The molecule has 3 N–H and O–H groups in total. The minimum absolute atomic E-state index is 0.00189. The number of ketones is 1. The first-order valence-corrected chi connectivity index (χ1v) is 5.36. The number of hydrogen-bond donors (Lipinski definition) is 2. The molecular weight excluding hydrogens is 220 g/mol. The molecule has 5 heteroatoms. The van der Waals surface area contributed by atoms with E-state index in [1.54, 1.807) is 24.3 Å². The third-order valence-corrected chi connectivity index (χ3v) is 2.22. The van der Waals surface area contributed by atoms with Crippen molar-refractivity contribution in [2.75, 3.05) is 6.61 Å². The van der Waals surface area contributed by atoms with Gasteiger partial charge in [-0.25, -0.2) is 5.84 Å². The number of nitrogens with two attached hydrogens (primary N) is 1. The van der Waals surface area contributed by atoms with Gasteiger partial charge < -0.3 is 4.74 Å². The topological polar surface area (TPSA) is 81.4 Å². The van der Waals surface area contributed by atoms with Crippen LogP contribution in [-0.2, 0) is 4.79 Å². The number of amides is 1. The molecule has 92 valence electrons. The lowest BCUT2D eigenvalue weighted by Gasteiger charge is -2.06. The molecule has 0 aromatic heterocycles. The fourth-order valence-electron chi connectivity index (χ4n) is 1.30. The number of Topliss-reactive ketones (excluding diaryl/α,β-unsaturated/α-hetero) is 1. The predicted molar refractivity (Wildman–Crippen MR) is 63.5 cm³/mol. The molecule has 0 aliphatic rings. The minimum Gasteiger partial charge on any atom is -0.494 e. The highest BCUT2D eigenvalue weighted by Gasteiger charge is 2.02. The molecule has 0 saturated heterocycles. The molecular formula is C12H16N2O3. The van der Waals surface area contributed by atoms with Crippen LogP contribution in [0.1, 0.15) is 30.1 Å². The first-order valence-electron chi connectivity index (χ1n) is 5.36. The average molecular weight is 236 g/mol. The number of rotatable bonds is 6. The fourth-order valence-corrected chi connectivity index (χ4v) is 1.30. The van der Waals surface area contributed by atoms with Gasteiger partial charge in [0.2, 0.25) is 5.91 Å². The summed E-state index contributed by atoms with van der Waals surface area (Å²) in [6, 6.07) is 6.95. The molecule has 0 spiro atoms. The molecule has 1 rings (SSSR count). The Balaban J connectivity index is 2.39. The first kappa shape index (κ1) is 13.2. The van der Waals surface area contributed by atoms with E-state index in [-0.39, 0.29) is 11.7 Å². The Hall–Kier alpha value is -1.88. The second kappa shape index (κ2) is 6.65. The van der Waals surface area contributed by atoms with Gasteiger partial charge in [0.25, 0.3) is 0 Å². The maximum absolute atomic E-state index is 11.1. The molecule has 0 aliphatic heterocycles. The fraction of sp³-hybridized carbons (Fsp3) is 0.333. The van der Waals surface area contributed by atoms with Crippen molar-refractivity contribution in [3.05, 3.63) is 29.8 Å². The maximum Gasteiger partial charge on any atom is 0.234 e. The Morgan fingerprint density at radius 1 is 1.41 bits per heavy atom. The summed E-state index contributed by atoms with van der Waals surface area (Å²) in [6.45, 7) is 1.92. The quantitative estimate of drug-likeness (QED) is 0.254. The Morgan fingerprint density at radius 3 is 2.82 bits per heavy atom. The monoisotopic (exact) mass is 236 g/mol. The van der Waals surface area contributed by atoms with E-state index in [1.807, 2.05) is 5.43 Å². The molecule has 0 unspecified atom stereocenters. The molecule has 0 atom stereocenters. The Morgan fingerprint density at radius 2 is 2.18 bits per heavy atom. The van der Waals surface area contributed by atoms with Crippen molar-refractivity contribution in [1.82, 2.24) is 5.43 Å². The van der Waals surface area contributed by atoms with E-state index in [0.29, 0.717) is 30.8 Å². The highest BCUT2D eigenvalue weighted by Crippen LogP contribution is 2.14. The van der Waals surface area contributed by atoms with Crippen LogP contribution in [0.5, 0.6) is 5.75 Å². The Kier molecular flexibility index (Phi) is 5.16. The molecule has 1 amide bonds. The SMILES string of the molecule is CC(=O)c1cccc(OCCCC(=O)NN)c1. The second-order valence-corrected chi connectivity index (χ2v) is 3.60.